The van der Waals surface area contributed by atoms with E-state index in [0.717, 1.165) is 24.2 Å². The SMILES string of the molecule is CCCCCNc1ccccc1C(C)C(=O)O. The smallest absolute Gasteiger partial charge is 0.310 e. The van der Waals surface area contributed by atoms with Gasteiger partial charge in [0.05, 0.1) is 5.92 Å². The lowest BCUT2D eigenvalue weighted by atomic mass is 9.99. The van der Waals surface area contributed by atoms with E-state index in [4.69, 9.17) is 5.11 Å². The van der Waals surface area contributed by atoms with E-state index in [1.807, 2.05) is 24.3 Å². The molecule has 3 heteroatoms. The Kier molecular flexibility index (Phi) is 5.53. The van der Waals surface area contributed by atoms with Gasteiger partial charge in [0.25, 0.3) is 0 Å². The van der Waals surface area contributed by atoms with Gasteiger partial charge in [0.2, 0.25) is 0 Å². The van der Waals surface area contributed by atoms with Crippen molar-refractivity contribution < 1.29 is 9.90 Å². The predicted octanol–water partition coefficient (Wildman–Crippen LogP) is 3.48. The van der Waals surface area contributed by atoms with Crippen molar-refractivity contribution >= 4 is 11.7 Å². The van der Waals surface area contributed by atoms with E-state index >= 15 is 0 Å². The van der Waals surface area contributed by atoms with Crippen LogP contribution in [-0.2, 0) is 4.79 Å². The quantitative estimate of drug-likeness (QED) is 0.711. The molecule has 0 aliphatic carbocycles. The molecule has 0 saturated heterocycles. The Balaban J connectivity index is 2.67. The van der Waals surface area contributed by atoms with Gasteiger partial charge >= 0.3 is 5.97 Å². The van der Waals surface area contributed by atoms with Gasteiger partial charge < -0.3 is 10.4 Å². The fourth-order valence-electron chi connectivity index (χ4n) is 1.77. The summed E-state index contributed by atoms with van der Waals surface area (Å²) in [5.41, 5.74) is 1.80. The molecule has 0 spiro atoms. The molecule has 1 aromatic rings. The molecule has 1 aromatic carbocycles. The number of carbonyl (C=O) groups is 1. The van der Waals surface area contributed by atoms with Crippen molar-refractivity contribution in [1.29, 1.82) is 0 Å². The minimum atomic E-state index is -0.784. The molecule has 94 valence electrons. The van der Waals surface area contributed by atoms with Gasteiger partial charge in [0.15, 0.2) is 0 Å². The molecule has 3 nitrogen and oxygen atoms in total. The van der Waals surface area contributed by atoms with Crippen LogP contribution < -0.4 is 5.32 Å². The Labute approximate surface area is 103 Å². The van der Waals surface area contributed by atoms with Crippen molar-refractivity contribution in [3.8, 4) is 0 Å². The van der Waals surface area contributed by atoms with Crippen LogP contribution in [0.2, 0.25) is 0 Å². The molecule has 1 atom stereocenters. The number of aliphatic carboxylic acids is 1. The van der Waals surface area contributed by atoms with Crippen molar-refractivity contribution in [2.75, 3.05) is 11.9 Å². The van der Waals surface area contributed by atoms with Crippen LogP contribution in [0.15, 0.2) is 24.3 Å². The highest BCUT2D eigenvalue weighted by molar-refractivity contribution is 5.78. The summed E-state index contributed by atoms with van der Waals surface area (Å²) in [6.07, 6.45) is 3.50. The number of para-hydroxylation sites is 1. The number of hydrogen-bond acceptors (Lipinski definition) is 2. The van der Waals surface area contributed by atoms with Gasteiger partial charge in [0, 0.05) is 12.2 Å². The highest BCUT2D eigenvalue weighted by Crippen LogP contribution is 2.24. The van der Waals surface area contributed by atoms with Crippen molar-refractivity contribution in [3.63, 3.8) is 0 Å². The fraction of sp³-hybridized carbons (Fsp3) is 0.500. The van der Waals surface area contributed by atoms with E-state index in [1.54, 1.807) is 6.92 Å². The maximum absolute atomic E-state index is 11.0. The molecule has 0 aromatic heterocycles. The van der Waals surface area contributed by atoms with Crippen LogP contribution >= 0.6 is 0 Å². The van der Waals surface area contributed by atoms with Gasteiger partial charge in [-0.25, -0.2) is 0 Å². The lowest BCUT2D eigenvalue weighted by Crippen LogP contribution is -2.11. The number of carboxylic acids is 1. The molecule has 0 aliphatic heterocycles. The standard InChI is InChI=1S/C14H21NO2/c1-3-4-7-10-15-13-9-6-5-8-12(13)11(2)14(16)17/h5-6,8-9,11,15H,3-4,7,10H2,1-2H3,(H,16,17). The first-order valence-electron chi connectivity index (χ1n) is 6.22. The van der Waals surface area contributed by atoms with Crippen LogP contribution in [0.4, 0.5) is 5.69 Å². The maximum Gasteiger partial charge on any atom is 0.310 e. The summed E-state index contributed by atoms with van der Waals surface area (Å²) >= 11 is 0. The molecular weight excluding hydrogens is 214 g/mol. The second-order valence-electron chi connectivity index (χ2n) is 4.28. The molecular formula is C14H21NO2. The van der Waals surface area contributed by atoms with Crippen LogP contribution in [0.3, 0.4) is 0 Å². The Morgan fingerprint density at radius 1 is 1.35 bits per heavy atom. The minimum Gasteiger partial charge on any atom is -0.481 e. The van der Waals surface area contributed by atoms with Gasteiger partial charge in [-0.2, -0.15) is 0 Å². The zero-order valence-electron chi connectivity index (χ0n) is 10.6. The second kappa shape index (κ2) is 6.94. The highest BCUT2D eigenvalue weighted by atomic mass is 16.4. The number of carboxylic acid groups (broad SMARTS) is 1. The largest absolute Gasteiger partial charge is 0.481 e. The fourth-order valence-corrected chi connectivity index (χ4v) is 1.77. The van der Waals surface area contributed by atoms with E-state index in [2.05, 4.69) is 12.2 Å². The molecule has 1 unspecified atom stereocenters. The molecule has 0 aliphatic rings. The Morgan fingerprint density at radius 2 is 2.06 bits per heavy atom. The van der Waals surface area contributed by atoms with E-state index in [1.165, 1.54) is 12.8 Å². The Hall–Kier alpha value is -1.51. The first-order valence-corrected chi connectivity index (χ1v) is 6.22. The van der Waals surface area contributed by atoms with Gasteiger partial charge in [-0.1, -0.05) is 38.0 Å². The summed E-state index contributed by atoms with van der Waals surface area (Å²) in [7, 11) is 0. The van der Waals surface area contributed by atoms with Crippen molar-refractivity contribution in [3.05, 3.63) is 29.8 Å². The van der Waals surface area contributed by atoms with Crippen molar-refractivity contribution in [2.24, 2.45) is 0 Å². The summed E-state index contributed by atoms with van der Waals surface area (Å²) in [4.78, 5) is 11.0. The molecule has 17 heavy (non-hydrogen) atoms. The molecule has 0 bridgehead atoms. The zero-order chi connectivity index (χ0) is 12.7. The molecule has 0 amide bonds. The van der Waals surface area contributed by atoms with Gasteiger partial charge in [0.1, 0.15) is 0 Å². The Morgan fingerprint density at radius 3 is 2.71 bits per heavy atom. The molecule has 0 heterocycles. The van der Waals surface area contributed by atoms with Gasteiger partial charge in [-0.3, -0.25) is 4.79 Å². The number of rotatable bonds is 7. The van der Waals surface area contributed by atoms with Crippen LogP contribution in [0.5, 0.6) is 0 Å². The van der Waals surface area contributed by atoms with E-state index in [9.17, 15) is 4.79 Å². The van der Waals surface area contributed by atoms with Crippen LogP contribution in [0.25, 0.3) is 0 Å². The molecule has 2 N–H and O–H groups in total. The van der Waals surface area contributed by atoms with E-state index in [-0.39, 0.29) is 0 Å². The summed E-state index contributed by atoms with van der Waals surface area (Å²) in [5, 5.41) is 12.4. The summed E-state index contributed by atoms with van der Waals surface area (Å²) in [6.45, 7) is 4.78. The number of anilines is 1. The van der Waals surface area contributed by atoms with Crippen molar-refractivity contribution in [2.45, 2.75) is 39.0 Å². The number of nitrogens with one attached hydrogen (secondary N) is 1. The highest BCUT2D eigenvalue weighted by Gasteiger charge is 2.16. The second-order valence-corrected chi connectivity index (χ2v) is 4.28. The molecule has 0 fully saturated rings. The topological polar surface area (TPSA) is 49.3 Å². The number of unbranched alkanes of at least 4 members (excludes halogenated alkanes) is 2. The predicted molar refractivity (Wildman–Crippen MR) is 70.5 cm³/mol. The number of benzene rings is 1. The third kappa shape index (κ3) is 4.10. The minimum absolute atomic E-state index is 0.468. The summed E-state index contributed by atoms with van der Waals surface area (Å²) < 4.78 is 0. The zero-order valence-corrected chi connectivity index (χ0v) is 10.6. The number of hydrogen-bond donors (Lipinski definition) is 2. The lowest BCUT2D eigenvalue weighted by molar-refractivity contribution is -0.138. The maximum atomic E-state index is 11.0. The van der Waals surface area contributed by atoms with Gasteiger partial charge in [-0.15, -0.1) is 0 Å². The lowest BCUT2D eigenvalue weighted by Gasteiger charge is -2.14. The third-order valence-corrected chi connectivity index (χ3v) is 2.89. The van der Waals surface area contributed by atoms with Crippen LogP contribution in [0, 0.1) is 0 Å². The van der Waals surface area contributed by atoms with Crippen LogP contribution in [-0.4, -0.2) is 17.6 Å². The first-order chi connectivity index (χ1) is 8.16. The Bertz CT molecular complexity index is 363. The average molecular weight is 235 g/mol. The van der Waals surface area contributed by atoms with Crippen molar-refractivity contribution in [1.82, 2.24) is 0 Å². The van der Waals surface area contributed by atoms with Crippen LogP contribution in [0.1, 0.15) is 44.6 Å². The molecule has 1 rings (SSSR count). The normalized spacial score (nSPS) is 12.1. The summed E-state index contributed by atoms with van der Waals surface area (Å²) in [6, 6.07) is 7.63. The first kappa shape index (κ1) is 13.6. The average Bonchev–Trinajstić information content (AvgIpc) is 2.34. The van der Waals surface area contributed by atoms with E-state index < -0.39 is 11.9 Å². The third-order valence-electron chi connectivity index (χ3n) is 2.89. The summed E-state index contributed by atoms with van der Waals surface area (Å²) in [5.74, 6) is -1.25. The molecule has 0 saturated carbocycles. The molecule has 0 radical (unpaired) electrons. The monoisotopic (exact) mass is 235 g/mol. The van der Waals surface area contributed by atoms with E-state index in [0.29, 0.717) is 0 Å². The van der Waals surface area contributed by atoms with Gasteiger partial charge in [-0.05, 0) is 25.0 Å².